The summed E-state index contributed by atoms with van der Waals surface area (Å²) in [7, 11) is -1.87. The fourth-order valence-corrected chi connectivity index (χ4v) is 4.44. The van der Waals surface area contributed by atoms with Gasteiger partial charge in [-0.2, -0.15) is 8.42 Å². The number of benzene rings is 3. The first-order valence-electron chi connectivity index (χ1n) is 11.4. The van der Waals surface area contributed by atoms with Crippen LogP contribution >= 0.6 is 0 Å². The largest absolute Gasteiger partial charge is 0.477 e. The molecule has 0 bridgehead atoms. The number of hydrogen-bond donors (Lipinski definition) is 2. The second kappa shape index (κ2) is 12.3. The van der Waals surface area contributed by atoms with E-state index in [1.165, 1.54) is 5.56 Å². The zero-order chi connectivity index (χ0) is 24.4. The Morgan fingerprint density at radius 2 is 1.50 bits per heavy atom. The molecule has 3 aromatic carbocycles. The molecular formula is C27H32N2O4S. The lowest BCUT2D eigenvalue weighted by Gasteiger charge is -2.11. The molecule has 34 heavy (non-hydrogen) atoms. The molecule has 3 aromatic rings. The van der Waals surface area contributed by atoms with Crippen LogP contribution in [0.15, 0.2) is 77.7 Å². The first-order valence-corrected chi connectivity index (χ1v) is 12.8. The van der Waals surface area contributed by atoms with Crippen LogP contribution in [0, 0.1) is 12.3 Å². The van der Waals surface area contributed by atoms with Crippen LogP contribution in [0.5, 0.6) is 0 Å². The maximum Gasteiger partial charge on any atom is 0.296 e. The Hall–Kier alpha value is -3.16. The second-order valence-corrected chi connectivity index (χ2v) is 9.70. The summed E-state index contributed by atoms with van der Waals surface area (Å²) in [6, 6.07) is 22.6. The summed E-state index contributed by atoms with van der Waals surface area (Å²) in [5.41, 5.74) is 4.96. The van der Waals surface area contributed by atoms with Crippen molar-refractivity contribution in [3.8, 4) is 0 Å². The summed E-state index contributed by atoms with van der Waals surface area (Å²) in [5.74, 6) is 0.160. The molecule has 3 rings (SSSR count). The van der Waals surface area contributed by atoms with E-state index in [-0.39, 0.29) is 17.4 Å². The van der Waals surface area contributed by atoms with Gasteiger partial charge in [-0.15, -0.1) is 0 Å². The van der Waals surface area contributed by atoms with Crippen LogP contribution in [0.2, 0.25) is 0 Å². The zero-order valence-corrected chi connectivity index (χ0v) is 20.5. The molecule has 0 saturated carbocycles. The van der Waals surface area contributed by atoms with Gasteiger partial charge >= 0.3 is 0 Å². The SMILES string of the molecule is CNc1ccccc1C(=N)OCCc1ccc(CCCCOS(=O)(=O)c2ccc(C)cc2)cc1. The Kier molecular flexibility index (Phi) is 9.24. The highest BCUT2D eigenvalue weighted by molar-refractivity contribution is 7.86. The quantitative estimate of drug-likeness (QED) is 0.158. The lowest BCUT2D eigenvalue weighted by molar-refractivity contribution is 0.307. The number of nitrogens with one attached hydrogen (secondary N) is 2. The smallest absolute Gasteiger partial charge is 0.296 e. The van der Waals surface area contributed by atoms with E-state index in [2.05, 4.69) is 29.6 Å². The molecule has 0 spiro atoms. The van der Waals surface area contributed by atoms with Crippen LogP contribution in [-0.2, 0) is 31.9 Å². The van der Waals surface area contributed by atoms with Crippen molar-refractivity contribution in [2.45, 2.75) is 37.5 Å². The van der Waals surface area contributed by atoms with Gasteiger partial charge in [-0.1, -0.05) is 54.1 Å². The number of anilines is 1. The first kappa shape index (κ1) is 25.5. The van der Waals surface area contributed by atoms with Crippen molar-refractivity contribution in [3.63, 3.8) is 0 Å². The van der Waals surface area contributed by atoms with Gasteiger partial charge in [-0.25, -0.2) is 0 Å². The van der Waals surface area contributed by atoms with Gasteiger partial charge in [0.2, 0.25) is 5.90 Å². The third-order valence-electron chi connectivity index (χ3n) is 5.51. The van der Waals surface area contributed by atoms with Crippen LogP contribution in [-0.4, -0.2) is 34.6 Å². The van der Waals surface area contributed by atoms with Crippen molar-refractivity contribution in [1.82, 2.24) is 0 Å². The summed E-state index contributed by atoms with van der Waals surface area (Å²) in [6.45, 7) is 2.52. The molecule has 180 valence electrons. The molecule has 0 radical (unpaired) electrons. The fraction of sp³-hybridized carbons (Fsp3) is 0.296. The number of unbranched alkanes of at least 4 members (excludes halogenated alkanes) is 1. The standard InChI is InChI=1S/C27H32N2O4S/c1-21-10-16-24(17-11-21)34(30,31)33-19-6-5-7-22-12-14-23(15-13-22)18-20-32-27(28)25-8-3-4-9-26(25)29-2/h3-4,8-17,28-29H,5-7,18-20H2,1-2H3. The zero-order valence-electron chi connectivity index (χ0n) is 19.7. The van der Waals surface area contributed by atoms with E-state index >= 15 is 0 Å². The summed E-state index contributed by atoms with van der Waals surface area (Å²) in [4.78, 5) is 0.194. The minimum Gasteiger partial charge on any atom is -0.477 e. The summed E-state index contributed by atoms with van der Waals surface area (Å²) >= 11 is 0. The Labute approximate surface area is 202 Å². The first-order chi connectivity index (χ1) is 16.4. The van der Waals surface area contributed by atoms with Gasteiger partial charge in [0.05, 0.1) is 23.7 Å². The Morgan fingerprint density at radius 3 is 2.18 bits per heavy atom. The highest BCUT2D eigenvalue weighted by atomic mass is 32.2. The van der Waals surface area contributed by atoms with Gasteiger partial charge in [-0.3, -0.25) is 9.59 Å². The fourth-order valence-electron chi connectivity index (χ4n) is 3.49. The monoisotopic (exact) mass is 480 g/mol. The van der Waals surface area contributed by atoms with Crippen LogP contribution in [0.3, 0.4) is 0 Å². The van der Waals surface area contributed by atoms with Gasteiger partial charge in [0.15, 0.2) is 0 Å². The van der Waals surface area contributed by atoms with E-state index < -0.39 is 10.1 Å². The predicted octanol–water partition coefficient (Wildman–Crippen LogP) is 5.35. The van der Waals surface area contributed by atoms with Gasteiger partial charge in [0.25, 0.3) is 10.1 Å². The van der Waals surface area contributed by atoms with E-state index in [0.717, 1.165) is 41.6 Å². The number of rotatable bonds is 12. The minimum atomic E-state index is -3.70. The Morgan fingerprint density at radius 1 is 0.853 bits per heavy atom. The summed E-state index contributed by atoms with van der Waals surface area (Å²) < 4.78 is 35.2. The third-order valence-corrected chi connectivity index (χ3v) is 6.84. The van der Waals surface area contributed by atoms with Crippen molar-refractivity contribution in [2.24, 2.45) is 0 Å². The minimum absolute atomic E-state index is 0.160. The molecule has 0 aromatic heterocycles. The molecule has 0 aliphatic heterocycles. The lowest BCUT2D eigenvalue weighted by Crippen LogP contribution is -2.10. The van der Waals surface area contributed by atoms with E-state index in [9.17, 15) is 8.42 Å². The third kappa shape index (κ3) is 7.43. The Bertz CT molecular complexity index is 1170. The van der Waals surface area contributed by atoms with Crippen LogP contribution in [0.4, 0.5) is 5.69 Å². The number of hydrogen-bond acceptors (Lipinski definition) is 6. The van der Waals surface area contributed by atoms with Gasteiger partial charge in [0, 0.05) is 19.2 Å². The van der Waals surface area contributed by atoms with Crippen LogP contribution in [0.1, 0.15) is 35.1 Å². The predicted molar refractivity (Wildman–Crippen MR) is 136 cm³/mol. The average molecular weight is 481 g/mol. The number of para-hydroxylation sites is 1. The van der Waals surface area contributed by atoms with Crippen LogP contribution in [0.25, 0.3) is 0 Å². The summed E-state index contributed by atoms with van der Waals surface area (Å²) in [5, 5.41) is 11.2. The van der Waals surface area contributed by atoms with Crippen molar-refractivity contribution in [1.29, 1.82) is 5.41 Å². The van der Waals surface area contributed by atoms with Crippen LogP contribution < -0.4 is 5.32 Å². The molecule has 0 heterocycles. The molecule has 0 aliphatic carbocycles. The van der Waals surface area contributed by atoms with Crippen molar-refractivity contribution < 1.29 is 17.3 Å². The number of aryl methyl sites for hydroxylation is 2. The molecule has 0 atom stereocenters. The van der Waals surface area contributed by atoms with E-state index in [1.807, 2.05) is 38.2 Å². The normalized spacial score (nSPS) is 11.2. The Balaban J connectivity index is 1.36. The lowest BCUT2D eigenvalue weighted by atomic mass is 10.1. The second-order valence-electron chi connectivity index (χ2n) is 8.09. The molecular weight excluding hydrogens is 448 g/mol. The molecule has 6 nitrogen and oxygen atoms in total. The van der Waals surface area contributed by atoms with Gasteiger partial charge < -0.3 is 10.1 Å². The van der Waals surface area contributed by atoms with Gasteiger partial charge in [-0.05, 0) is 61.6 Å². The van der Waals surface area contributed by atoms with E-state index in [0.29, 0.717) is 13.0 Å². The molecule has 2 N–H and O–H groups in total. The number of ether oxygens (including phenoxy) is 1. The van der Waals surface area contributed by atoms with Crippen molar-refractivity contribution >= 4 is 21.7 Å². The average Bonchev–Trinajstić information content (AvgIpc) is 2.85. The van der Waals surface area contributed by atoms with Crippen molar-refractivity contribution in [2.75, 3.05) is 25.6 Å². The molecule has 0 aliphatic rings. The molecule has 7 heteroatoms. The topological polar surface area (TPSA) is 88.5 Å². The van der Waals surface area contributed by atoms with Gasteiger partial charge in [0.1, 0.15) is 0 Å². The molecule has 0 saturated heterocycles. The van der Waals surface area contributed by atoms with Crippen molar-refractivity contribution in [3.05, 3.63) is 95.1 Å². The van der Waals surface area contributed by atoms with E-state index in [1.54, 1.807) is 24.3 Å². The maximum atomic E-state index is 12.2. The van der Waals surface area contributed by atoms with E-state index in [4.69, 9.17) is 14.3 Å². The maximum absolute atomic E-state index is 12.2. The summed E-state index contributed by atoms with van der Waals surface area (Å²) in [6.07, 6.45) is 3.08. The molecule has 0 unspecified atom stereocenters. The highest BCUT2D eigenvalue weighted by Gasteiger charge is 2.14. The highest BCUT2D eigenvalue weighted by Crippen LogP contribution is 2.16. The molecule has 0 amide bonds. The molecule has 0 fully saturated rings.